The number of carbonyl (C=O) groups is 6. The summed E-state index contributed by atoms with van der Waals surface area (Å²) in [6.45, 7) is 17.4. The monoisotopic (exact) mass is 1160 g/mol. The number of carbonyl (C=O) groups excluding carboxylic acids is 6. The van der Waals surface area contributed by atoms with Crippen molar-refractivity contribution in [2.45, 2.75) is 72.3 Å². The Labute approximate surface area is 486 Å². The topological polar surface area (TPSA) is 313 Å². The van der Waals surface area contributed by atoms with E-state index in [1.165, 1.54) is 0 Å². The molecule has 1 atom stereocenters. The van der Waals surface area contributed by atoms with Crippen LogP contribution in [0.1, 0.15) is 87.4 Å². The van der Waals surface area contributed by atoms with E-state index in [2.05, 4.69) is 51.8 Å². The Bertz CT molecular complexity index is 2440. The van der Waals surface area contributed by atoms with E-state index in [0.29, 0.717) is 134 Å². The third-order valence-electron chi connectivity index (χ3n) is 11.6. The summed E-state index contributed by atoms with van der Waals surface area (Å²) in [7, 11) is 0. The van der Waals surface area contributed by atoms with Crippen LogP contribution in [-0.4, -0.2) is 205 Å². The van der Waals surface area contributed by atoms with Gasteiger partial charge < -0.3 is 69.8 Å². The van der Waals surface area contributed by atoms with Gasteiger partial charge in [-0.1, -0.05) is 71.9 Å². The SMILES string of the molecule is CC(C)CNC(=O)CNC(=O)[C@H](Cc1ccccc1)NC(=O)CNC(=O)CNC(=O)CCOCCOCCOCCOCCOCCOCCOCCOCCNC(=O)c1cc(-c2cnc(C(C)C)nc2)nc(-c2cnc(C(C)C)nc2)c1. The highest BCUT2D eigenvalue weighted by Crippen LogP contribution is 2.25. The lowest BCUT2D eigenvalue weighted by atomic mass is 10.1. The maximum atomic E-state index is 13.3. The molecule has 0 fully saturated rings. The molecule has 0 saturated heterocycles. The molecule has 4 aromatic rings. The molecule has 83 heavy (non-hydrogen) atoms. The molecule has 456 valence electrons. The molecule has 0 aliphatic carbocycles. The molecule has 1 aromatic carbocycles. The molecule has 4 rings (SSSR count). The van der Waals surface area contributed by atoms with E-state index in [1.54, 1.807) is 49.1 Å². The van der Waals surface area contributed by atoms with Gasteiger partial charge in [-0.05, 0) is 23.6 Å². The van der Waals surface area contributed by atoms with E-state index in [0.717, 1.165) is 17.2 Å². The molecule has 0 saturated carbocycles. The largest absolute Gasteiger partial charge is 0.379 e. The predicted octanol–water partition coefficient (Wildman–Crippen LogP) is 2.34. The zero-order chi connectivity index (χ0) is 59.9. The number of benzene rings is 1. The maximum absolute atomic E-state index is 13.3. The summed E-state index contributed by atoms with van der Waals surface area (Å²) in [5.74, 6) is -0.752. The zero-order valence-corrected chi connectivity index (χ0v) is 48.9. The predicted molar refractivity (Wildman–Crippen MR) is 307 cm³/mol. The van der Waals surface area contributed by atoms with Crippen molar-refractivity contribution in [3.8, 4) is 22.5 Å². The number of hydrogen-bond donors (Lipinski definition) is 6. The Morgan fingerprint density at radius 1 is 0.458 bits per heavy atom. The molecule has 25 heteroatoms. The maximum Gasteiger partial charge on any atom is 0.251 e. The fraction of sp³-hybridized carbons (Fsp3) is 0.569. The van der Waals surface area contributed by atoms with Gasteiger partial charge in [0.15, 0.2) is 0 Å². The van der Waals surface area contributed by atoms with Crippen LogP contribution < -0.4 is 31.9 Å². The summed E-state index contributed by atoms with van der Waals surface area (Å²) in [6.07, 6.45) is 7.05. The number of nitrogens with one attached hydrogen (secondary N) is 6. The average molecular weight is 1160 g/mol. The van der Waals surface area contributed by atoms with E-state index in [1.807, 2.05) is 59.7 Å². The van der Waals surface area contributed by atoms with E-state index in [-0.39, 0.29) is 68.7 Å². The Morgan fingerprint density at radius 3 is 1.33 bits per heavy atom. The van der Waals surface area contributed by atoms with Crippen molar-refractivity contribution in [2.24, 2.45) is 5.92 Å². The second kappa shape index (κ2) is 41.1. The number of aromatic nitrogens is 5. The van der Waals surface area contributed by atoms with Crippen molar-refractivity contribution in [1.82, 2.24) is 56.8 Å². The quantitative estimate of drug-likeness (QED) is 0.0346. The molecule has 0 unspecified atom stereocenters. The summed E-state index contributed by atoms with van der Waals surface area (Å²) in [6, 6.07) is 11.5. The van der Waals surface area contributed by atoms with Gasteiger partial charge in [0.05, 0.1) is 137 Å². The normalized spacial score (nSPS) is 11.6. The van der Waals surface area contributed by atoms with Crippen LogP contribution in [0.2, 0.25) is 0 Å². The van der Waals surface area contributed by atoms with Gasteiger partial charge >= 0.3 is 0 Å². The van der Waals surface area contributed by atoms with Crippen molar-refractivity contribution in [3.05, 3.63) is 90.0 Å². The first-order valence-electron chi connectivity index (χ1n) is 28.2. The van der Waals surface area contributed by atoms with Gasteiger partial charge in [-0.3, -0.25) is 28.8 Å². The van der Waals surface area contributed by atoms with Crippen molar-refractivity contribution in [3.63, 3.8) is 0 Å². The molecular formula is C58H85N11O14. The molecule has 0 aliphatic heterocycles. The standard InChI is InChI=1S/C58H85N11O14/c1-41(2)33-60-53(72)39-67-58(75)50(30-44-10-8-7-9-11-44)69-54(73)40-62-52(71)38-61-51(70)12-14-76-16-18-78-20-22-80-24-26-82-28-29-83-27-25-81-23-21-79-19-17-77-15-13-59-57(74)45-31-48(46-34-63-55(42(3)4)64-35-46)68-49(32-45)47-36-65-56(43(5)6)66-37-47/h7-11,31-32,34-37,41-43,50H,12-30,33,38-40H2,1-6H3,(H,59,74)(H,60,72)(H,61,70)(H,62,71)(H,67,75)(H,69,73)/t50-/m0/s1. The van der Waals surface area contributed by atoms with Crippen LogP contribution in [0.5, 0.6) is 0 Å². The first kappa shape index (κ1) is 68.5. The highest BCUT2D eigenvalue weighted by molar-refractivity contribution is 5.96. The Morgan fingerprint density at radius 2 is 0.867 bits per heavy atom. The third kappa shape index (κ3) is 30.2. The summed E-state index contributed by atoms with van der Waals surface area (Å²) in [4.78, 5) is 98.2. The van der Waals surface area contributed by atoms with Gasteiger partial charge in [-0.2, -0.15) is 0 Å². The summed E-state index contributed by atoms with van der Waals surface area (Å²) in [5, 5.41) is 15.7. The number of pyridine rings is 1. The van der Waals surface area contributed by atoms with Crippen molar-refractivity contribution in [1.29, 1.82) is 0 Å². The van der Waals surface area contributed by atoms with Gasteiger partial charge in [0.25, 0.3) is 5.91 Å². The number of hydrogen-bond acceptors (Lipinski definition) is 19. The van der Waals surface area contributed by atoms with E-state index >= 15 is 0 Å². The van der Waals surface area contributed by atoms with Crippen molar-refractivity contribution >= 4 is 35.4 Å². The molecular weight excluding hydrogens is 1070 g/mol. The lowest BCUT2D eigenvalue weighted by Crippen LogP contribution is -2.52. The number of amides is 6. The highest BCUT2D eigenvalue weighted by Gasteiger charge is 2.23. The first-order valence-corrected chi connectivity index (χ1v) is 28.2. The minimum Gasteiger partial charge on any atom is -0.379 e. The molecule has 0 aliphatic rings. The fourth-order valence-corrected chi connectivity index (χ4v) is 7.12. The van der Waals surface area contributed by atoms with Crippen LogP contribution >= 0.6 is 0 Å². The van der Waals surface area contributed by atoms with Crippen LogP contribution in [0.4, 0.5) is 0 Å². The van der Waals surface area contributed by atoms with Gasteiger partial charge in [0.1, 0.15) is 17.7 Å². The summed E-state index contributed by atoms with van der Waals surface area (Å²) >= 11 is 0. The third-order valence-corrected chi connectivity index (χ3v) is 11.6. The Hall–Kier alpha value is -6.97. The first-order chi connectivity index (χ1) is 40.2. The van der Waals surface area contributed by atoms with Crippen LogP contribution in [0.15, 0.2) is 67.3 Å². The lowest BCUT2D eigenvalue weighted by molar-refractivity contribution is -0.131. The van der Waals surface area contributed by atoms with Gasteiger partial charge in [0, 0.05) is 79.2 Å². The second-order valence-corrected chi connectivity index (χ2v) is 19.8. The molecule has 25 nitrogen and oxygen atoms in total. The van der Waals surface area contributed by atoms with Crippen LogP contribution in [0.3, 0.4) is 0 Å². The molecule has 6 N–H and O–H groups in total. The second-order valence-electron chi connectivity index (χ2n) is 19.8. The van der Waals surface area contributed by atoms with Crippen LogP contribution in [0, 0.1) is 5.92 Å². The van der Waals surface area contributed by atoms with E-state index in [4.69, 9.17) is 42.9 Å². The molecule has 0 radical (unpaired) electrons. The van der Waals surface area contributed by atoms with E-state index < -0.39 is 36.2 Å². The number of rotatable bonds is 44. The zero-order valence-electron chi connectivity index (χ0n) is 48.9. The summed E-state index contributed by atoms with van der Waals surface area (Å²) in [5.41, 5.74) is 3.70. The van der Waals surface area contributed by atoms with Gasteiger partial charge in [-0.15, -0.1) is 0 Å². The smallest absolute Gasteiger partial charge is 0.251 e. The Kier molecular flexibility index (Phi) is 33.9. The Balaban J connectivity index is 0.898. The van der Waals surface area contributed by atoms with Gasteiger partial charge in [-0.25, -0.2) is 24.9 Å². The number of nitrogens with zero attached hydrogens (tertiary/aromatic N) is 5. The minimum absolute atomic E-state index is 0.0150. The molecule has 0 spiro atoms. The fourth-order valence-electron chi connectivity index (χ4n) is 7.12. The number of ether oxygens (including phenoxy) is 8. The lowest BCUT2D eigenvalue weighted by Gasteiger charge is -2.19. The van der Waals surface area contributed by atoms with Gasteiger partial charge in [0.2, 0.25) is 29.5 Å². The molecule has 3 heterocycles. The minimum atomic E-state index is -0.995. The molecule has 3 aromatic heterocycles. The van der Waals surface area contributed by atoms with Crippen LogP contribution in [0.25, 0.3) is 22.5 Å². The highest BCUT2D eigenvalue weighted by atomic mass is 16.6. The average Bonchev–Trinajstić information content (AvgIpc) is 3.67. The van der Waals surface area contributed by atoms with Crippen molar-refractivity contribution < 1.29 is 66.7 Å². The van der Waals surface area contributed by atoms with Crippen molar-refractivity contribution in [2.75, 3.05) is 138 Å². The molecule has 0 bridgehead atoms. The molecule has 6 amide bonds. The summed E-state index contributed by atoms with van der Waals surface area (Å²) < 4.78 is 44.3. The van der Waals surface area contributed by atoms with E-state index in [9.17, 15) is 28.8 Å². The van der Waals surface area contributed by atoms with Crippen LogP contribution in [-0.2, 0) is 68.3 Å².